The number of amides is 3. The summed E-state index contributed by atoms with van der Waals surface area (Å²) in [7, 11) is -4.12. The van der Waals surface area contributed by atoms with Crippen molar-refractivity contribution in [2.45, 2.75) is 18.7 Å². The maximum atomic E-state index is 12.7. The molecule has 0 spiro atoms. The van der Waals surface area contributed by atoms with Crippen LogP contribution < -0.4 is 45.9 Å². The summed E-state index contributed by atoms with van der Waals surface area (Å²) < 4.78 is 39.5. The van der Waals surface area contributed by atoms with Crippen LogP contribution in [0.1, 0.15) is 11.3 Å². The third kappa shape index (κ3) is 7.36. The molecule has 0 radical (unpaired) electrons. The number of ether oxygens (including phenoxy) is 1. The number of oxime groups is 1. The molecule has 1 fully saturated rings. The van der Waals surface area contributed by atoms with Crippen LogP contribution in [0.25, 0.3) is 0 Å². The monoisotopic (exact) mass is 579 g/mol. The van der Waals surface area contributed by atoms with E-state index in [1.54, 1.807) is 0 Å². The number of hydrogen-bond donors (Lipinski definition) is 3. The van der Waals surface area contributed by atoms with Crippen LogP contribution in [-0.4, -0.2) is 76.5 Å². The van der Waals surface area contributed by atoms with Crippen molar-refractivity contribution in [3.63, 3.8) is 0 Å². The molecule has 1 aliphatic heterocycles. The molecule has 0 bridgehead atoms. The first-order valence-corrected chi connectivity index (χ1v) is 12.2. The van der Waals surface area contributed by atoms with Crippen molar-refractivity contribution in [3.05, 3.63) is 51.0 Å². The summed E-state index contributed by atoms with van der Waals surface area (Å²) in [5.41, 5.74) is 5.45. The summed E-state index contributed by atoms with van der Waals surface area (Å²) >= 11 is 0.999. The van der Waals surface area contributed by atoms with Gasteiger partial charge in [-0.3, -0.25) is 19.7 Å². The zero-order valence-corrected chi connectivity index (χ0v) is 23.4. The van der Waals surface area contributed by atoms with Crippen LogP contribution in [0, 0.1) is 10.1 Å². The van der Waals surface area contributed by atoms with E-state index in [0.29, 0.717) is 5.56 Å². The summed E-state index contributed by atoms with van der Waals surface area (Å²) in [6.07, 6.45) is -1.05. The minimum absolute atomic E-state index is 0. The number of alkyl carbamates (subject to hydrolysis) is 1. The summed E-state index contributed by atoms with van der Waals surface area (Å²) in [4.78, 5) is 55.7. The number of nitrogens with zero attached hydrogens (tertiary/aromatic N) is 4. The molecule has 1 aromatic carbocycles. The Bertz CT molecular complexity index is 1350. The van der Waals surface area contributed by atoms with Crippen molar-refractivity contribution in [1.29, 1.82) is 0 Å². The average Bonchev–Trinajstić information content (AvgIpc) is 3.26. The normalized spacial score (nSPS) is 17.1. The first kappa shape index (κ1) is 30.9. The number of carbonyl (C=O) groups is 3. The molecule has 0 unspecified atom stereocenters. The van der Waals surface area contributed by atoms with Gasteiger partial charge in [0.2, 0.25) is 0 Å². The van der Waals surface area contributed by atoms with Gasteiger partial charge in [-0.1, -0.05) is 5.16 Å². The standard InChI is InChI=1S/C18H19N7O10S2.Na/c1-34-23-13(11-8-36-17(19)21-11)15(26)22-14-12(24(16(14)27)37(31,32)33)6-20-18(28)35-7-9-2-4-10(5-3-9)25(29)30;/h2-5,8,12,14H,6-7H2,1H3,(H2,19,21)(H,20,28)(H,22,26)(H,31,32,33);/q;+1/p-1/t12-,14+;/m1./s1. The number of nitrogens with one attached hydrogen (secondary N) is 2. The van der Waals surface area contributed by atoms with Crippen molar-refractivity contribution < 1.29 is 71.4 Å². The van der Waals surface area contributed by atoms with Gasteiger partial charge in [-0.15, -0.1) is 11.3 Å². The predicted octanol–water partition coefficient (Wildman–Crippen LogP) is -3.93. The van der Waals surface area contributed by atoms with Gasteiger partial charge in [-0.05, 0) is 17.7 Å². The van der Waals surface area contributed by atoms with E-state index in [1.807, 2.05) is 0 Å². The molecule has 1 aromatic heterocycles. The molecule has 4 N–H and O–H groups in total. The zero-order chi connectivity index (χ0) is 27.3. The predicted molar refractivity (Wildman–Crippen MR) is 124 cm³/mol. The number of nitrogens with two attached hydrogens (primary N) is 1. The van der Waals surface area contributed by atoms with Crippen molar-refractivity contribution in [3.8, 4) is 0 Å². The first-order chi connectivity index (χ1) is 17.4. The minimum Gasteiger partial charge on any atom is -0.731 e. The van der Waals surface area contributed by atoms with Gasteiger partial charge in [0, 0.05) is 24.1 Å². The summed E-state index contributed by atoms with van der Waals surface area (Å²) in [5, 5.41) is 20.2. The van der Waals surface area contributed by atoms with Gasteiger partial charge < -0.3 is 30.5 Å². The molecule has 3 amide bonds. The van der Waals surface area contributed by atoms with E-state index in [2.05, 4.69) is 25.6 Å². The van der Waals surface area contributed by atoms with E-state index in [4.69, 9.17) is 10.5 Å². The Morgan fingerprint density at radius 3 is 2.50 bits per heavy atom. The smallest absolute Gasteiger partial charge is 0.731 e. The Balaban J connectivity index is 0.00000507. The Kier molecular flexibility index (Phi) is 10.5. The molecule has 2 aromatic rings. The minimum atomic E-state index is -5.27. The molecule has 2 heterocycles. The summed E-state index contributed by atoms with van der Waals surface area (Å²) in [6, 6.07) is 2.15. The number of nitro groups is 1. The second-order valence-corrected chi connectivity index (χ2v) is 9.32. The van der Waals surface area contributed by atoms with E-state index in [1.165, 1.54) is 29.6 Å². The van der Waals surface area contributed by atoms with Crippen molar-refractivity contribution in [2.24, 2.45) is 5.16 Å². The molecular weight excluding hydrogens is 561 g/mol. The number of nitrogen functional groups attached to an aromatic ring is 1. The largest absolute Gasteiger partial charge is 1.00 e. The fraction of sp³-hybridized carbons (Fsp3) is 0.278. The number of rotatable bonds is 10. The van der Waals surface area contributed by atoms with Gasteiger partial charge in [0.05, 0.1) is 11.0 Å². The second kappa shape index (κ2) is 12.9. The molecule has 0 aliphatic carbocycles. The average molecular weight is 580 g/mol. The molecule has 20 heteroatoms. The van der Waals surface area contributed by atoms with Gasteiger partial charge in [-0.2, -0.15) is 0 Å². The van der Waals surface area contributed by atoms with E-state index in [-0.39, 0.29) is 62.7 Å². The third-order valence-corrected chi connectivity index (χ3v) is 6.44. The number of carbonyl (C=O) groups excluding carboxylic acids is 3. The number of nitro benzene ring substituents is 1. The van der Waals surface area contributed by atoms with Gasteiger partial charge in [0.1, 0.15) is 25.5 Å². The Labute approximate surface area is 240 Å². The van der Waals surface area contributed by atoms with Crippen LogP contribution in [0.4, 0.5) is 15.6 Å². The zero-order valence-electron chi connectivity index (χ0n) is 19.7. The van der Waals surface area contributed by atoms with Gasteiger partial charge in [0.25, 0.3) is 17.5 Å². The number of thiazole rings is 1. The molecule has 1 saturated heterocycles. The fourth-order valence-corrected chi connectivity index (χ4v) is 4.57. The molecule has 17 nitrogen and oxygen atoms in total. The van der Waals surface area contributed by atoms with Crippen molar-refractivity contribution >= 4 is 56.1 Å². The Hall–Kier alpha value is -3.36. The van der Waals surface area contributed by atoms with Crippen LogP contribution in [0.2, 0.25) is 0 Å². The quantitative estimate of drug-likeness (QED) is 0.0610. The number of benzene rings is 1. The molecule has 2 atom stereocenters. The summed E-state index contributed by atoms with van der Waals surface area (Å²) in [6.45, 7) is -0.873. The Morgan fingerprint density at radius 1 is 1.32 bits per heavy atom. The summed E-state index contributed by atoms with van der Waals surface area (Å²) in [5.74, 6) is -2.22. The van der Waals surface area contributed by atoms with Crippen molar-refractivity contribution in [2.75, 3.05) is 19.4 Å². The van der Waals surface area contributed by atoms with Gasteiger partial charge in [0.15, 0.2) is 21.1 Å². The first-order valence-electron chi connectivity index (χ1n) is 9.98. The molecule has 3 rings (SSSR count). The van der Waals surface area contributed by atoms with Crippen LogP contribution in [0.15, 0.2) is 34.8 Å². The number of non-ortho nitro benzene ring substituents is 1. The Morgan fingerprint density at radius 2 is 1.97 bits per heavy atom. The van der Waals surface area contributed by atoms with E-state index < -0.39 is 51.8 Å². The topological polar surface area (TPSA) is 249 Å². The maximum absolute atomic E-state index is 12.7. The second-order valence-electron chi connectivity index (χ2n) is 7.18. The van der Waals surface area contributed by atoms with Crippen LogP contribution >= 0.6 is 11.3 Å². The number of hydrogen-bond acceptors (Lipinski definition) is 14. The molecule has 0 saturated carbocycles. The molecule has 1 aliphatic rings. The maximum Gasteiger partial charge on any atom is 1.00 e. The third-order valence-electron chi connectivity index (χ3n) is 4.83. The van der Waals surface area contributed by atoms with E-state index >= 15 is 0 Å². The van der Waals surface area contributed by atoms with Crippen molar-refractivity contribution in [1.82, 2.24) is 19.9 Å². The van der Waals surface area contributed by atoms with Gasteiger partial charge >= 0.3 is 35.7 Å². The molecular formula is C18H18N7NaO10S2. The number of β-lactam (4-membered cyclic amide) rings is 1. The number of aromatic nitrogens is 1. The molecule has 38 heavy (non-hydrogen) atoms. The van der Waals surface area contributed by atoms with Gasteiger partial charge in [-0.25, -0.2) is 22.5 Å². The van der Waals surface area contributed by atoms with E-state index in [0.717, 1.165) is 18.4 Å². The van der Waals surface area contributed by atoms with E-state index in [9.17, 15) is 37.5 Å². The molecule has 198 valence electrons. The van der Waals surface area contributed by atoms with Crippen LogP contribution in [0.3, 0.4) is 0 Å². The van der Waals surface area contributed by atoms with Crippen LogP contribution in [0.5, 0.6) is 0 Å². The fourth-order valence-electron chi connectivity index (χ4n) is 3.16. The SMILES string of the molecule is CON=C(C(=O)N[C@@H]1C(=O)N(S(=O)(=O)[O-])[C@@H]1CNC(=O)OCc1ccc([N+](=O)[O-])cc1)c1csc(N)n1.[Na+]. The number of anilines is 1. The van der Waals surface area contributed by atoms with Crippen LogP contribution in [-0.2, 0) is 36.1 Å².